The average Bonchev–Trinajstić information content (AvgIpc) is 3.41. The number of ether oxygens (including phenoxy) is 2. The first kappa shape index (κ1) is 25.8. The second-order valence-electron chi connectivity index (χ2n) is 9.15. The molecule has 1 aromatic carbocycles. The molecule has 1 aliphatic rings. The minimum absolute atomic E-state index is 0.531. The molecule has 0 aliphatic carbocycles. The third-order valence-corrected chi connectivity index (χ3v) is 6.63. The molecule has 1 N–H and O–H groups in total. The van der Waals surface area contributed by atoms with E-state index in [9.17, 15) is 0 Å². The Bertz CT molecular complexity index is 1290. The summed E-state index contributed by atoms with van der Waals surface area (Å²) in [6.45, 7) is 7.12. The molecule has 0 amide bonds. The zero-order chi connectivity index (χ0) is 26.2. The van der Waals surface area contributed by atoms with Crippen LogP contribution in [0.2, 0.25) is 0 Å². The van der Waals surface area contributed by atoms with Crippen molar-refractivity contribution in [3.05, 3.63) is 67.3 Å². The van der Waals surface area contributed by atoms with Crippen LogP contribution in [0.4, 0.5) is 17.3 Å². The van der Waals surface area contributed by atoms with Crippen LogP contribution in [0.25, 0.3) is 22.5 Å². The molecule has 5 rings (SSSR count). The number of methoxy groups -OCH3 is 2. The summed E-state index contributed by atoms with van der Waals surface area (Å²) in [4.78, 5) is 18.4. The topological polar surface area (TPSA) is 93.5 Å². The largest absolute Gasteiger partial charge is 0.383 e. The van der Waals surface area contributed by atoms with E-state index >= 15 is 0 Å². The Morgan fingerprint density at radius 2 is 1.68 bits per heavy atom. The van der Waals surface area contributed by atoms with Gasteiger partial charge in [0.1, 0.15) is 5.69 Å². The van der Waals surface area contributed by atoms with Crippen LogP contribution in [0.15, 0.2) is 67.3 Å². The molecule has 4 heterocycles. The number of nitrogens with one attached hydrogen (secondary N) is 1. The highest BCUT2D eigenvalue weighted by molar-refractivity contribution is 5.78. The van der Waals surface area contributed by atoms with Crippen molar-refractivity contribution in [3.8, 4) is 22.5 Å². The summed E-state index contributed by atoms with van der Waals surface area (Å²) in [5.74, 6) is 0.531. The monoisotopic (exact) mass is 514 g/mol. The fourth-order valence-corrected chi connectivity index (χ4v) is 4.53. The average molecular weight is 515 g/mol. The zero-order valence-corrected chi connectivity index (χ0v) is 22.0. The Hall–Kier alpha value is -3.86. The second-order valence-corrected chi connectivity index (χ2v) is 9.15. The molecule has 1 fully saturated rings. The van der Waals surface area contributed by atoms with Crippen molar-refractivity contribution in [1.29, 1.82) is 0 Å². The highest BCUT2D eigenvalue weighted by Crippen LogP contribution is 2.30. The molecule has 4 aromatic rings. The number of piperazine rings is 1. The first-order valence-electron chi connectivity index (χ1n) is 12.9. The maximum absolute atomic E-state index is 5.24. The number of hydrogen-bond donors (Lipinski definition) is 1. The molecule has 0 spiro atoms. The zero-order valence-electron chi connectivity index (χ0n) is 22.0. The number of nitrogens with zero attached hydrogens (tertiary/aromatic N) is 7. The summed E-state index contributed by atoms with van der Waals surface area (Å²) in [6, 6.07) is 14.3. The van der Waals surface area contributed by atoms with E-state index in [-0.39, 0.29) is 0 Å². The number of hydrogen-bond acceptors (Lipinski definition) is 9. The molecule has 1 saturated heterocycles. The lowest BCUT2D eigenvalue weighted by Gasteiger charge is -2.36. The van der Waals surface area contributed by atoms with Gasteiger partial charge in [-0.05, 0) is 42.5 Å². The Morgan fingerprint density at radius 1 is 0.895 bits per heavy atom. The molecule has 10 nitrogen and oxygen atoms in total. The normalized spacial score (nSPS) is 14.1. The van der Waals surface area contributed by atoms with Crippen molar-refractivity contribution in [2.75, 3.05) is 70.4 Å². The molecule has 3 aromatic heterocycles. The molecule has 0 radical (unpaired) electrons. The number of pyridine rings is 1. The quantitative estimate of drug-likeness (QED) is 0.322. The third-order valence-electron chi connectivity index (χ3n) is 6.63. The molecule has 10 heteroatoms. The van der Waals surface area contributed by atoms with Crippen molar-refractivity contribution in [2.24, 2.45) is 0 Å². The molecule has 0 unspecified atom stereocenters. The van der Waals surface area contributed by atoms with Gasteiger partial charge in [-0.3, -0.25) is 14.6 Å². The number of rotatable bonds is 11. The minimum Gasteiger partial charge on any atom is -0.383 e. The van der Waals surface area contributed by atoms with E-state index in [1.807, 2.05) is 35.3 Å². The van der Waals surface area contributed by atoms with E-state index < -0.39 is 0 Å². The maximum atomic E-state index is 5.24. The lowest BCUT2D eigenvalue weighted by atomic mass is 10.1. The summed E-state index contributed by atoms with van der Waals surface area (Å²) >= 11 is 0. The van der Waals surface area contributed by atoms with E-state index in [0.29, 0.717) is 19.1 Å². The van der Waals surface area contributed by atoms with Gasteiger partial charge >= 0.3 is 0 Å². The number of anilines is 3. The summed E-state index contributed by atoms with van der Waals surface area (Å²) < 4.78 is 12.3. The van der Waals surface area contributed by atoms with Crippen LogP contribution in [0, 0.1) is 0 Å². The van der Waals surface area contributed by atoms with E-state index in [1.54, 1.807) is 26.6 Å². The number of aromatic nitrogens is 5. The number of benzene rings is 1. The van der Waals surface area contributed by atoms with Crippen LogP contribution in [-0.4, -0.2) is 89.8 Å². The van der Waals surface area contributed by atoms with Crippen LogP contribution >= 0.6 is 0 Å². The minimum atomic E-state index is 0.531. The van der Waals surface area contributed by atoms with Gasteiger partial charge in [0.05, 0.1) is 25.5 Å². The van der Waals surface area contributed by atoms with E-state index in [1.165, 1.54) is 5.69 Å². The molecule has 0 saturated carbocycles. The molecular weight excluding hydrogens is 480 g/mol. The Balaban J connectivity index is 1.29. The van der Waals surface area contributed by atoms with Crippen molar-refractivity contribution < 1.29 is 9.47 Å². The molecular formula is C28H34N8O2. The lowest BCUT2D eigenvalue weighted by Crippen LogP contribution is -2.47. The highest BCUT2D eigenvalue weighted by atomic mass is 16.5. The first-order valence-corrected chi connectivity index (χ1v) is 12.9. The Labute approximate surface area is 223 Å². The second kappa shape index (κ2) is 12.6. The van der Waals surface area contributed by atoms with Crippen molar-refractivity contribution in [3.63, 3.8) is 0 Å². The van der Waals surface area contributed by atoms with Crippen LogP contribution in [0.3, 0.4) is 0 Å². The van der Waals surface area contributed by atoms with E-state index in [2.05, 4.69) is 49.4 Å². The lowest BCUT2D eigenvalue weighted by molar-refractivity contribution is 0.144. The summed E-state index contributed by atoms with van der Waals surface area (Å²) in [6.07, 6.45) is 7.33. The molecule has 1 aliphatic heterocycles. The molecule has 38 heavy (non-hydrogen) atoms. The Kier molecular flexibility index (Phi) is 8.54. The van der Waals surface area contributed by atoms with Gasteiger partial charge < -0.3 is 19.7 Å². The fraction of sp³-hybridized carbons (Fsp3) is 0.357. The van der Waals surface area contributed by atoms with Gasteiger partial charge in [-0.1, -0.05) is 0 Å². The third kappa shape index (κ3) is 6.34. The predicted octanol–water partition coefficient (Wildman–Crippen LogP) is 3.56. The van der Waals surface area contributed by atoms with Gasteiger partial charge in [-0.25, -0.2) is 9.97 Å². The van der Waals surface area contributed by atoms with E-state index in [4.69, 9.17) is 19.6 Å². The van der Waals surface area contributed by atoms with Crippen LogP contribution < -0.4 is 10.2 Å². The summed E-state index contributed by atoms with van der Waals surface area (Å²) in [5.41, 5.74) is 5.62. The van der Waals surface area contributed by atoms with Crippen LogP contribution in [0.5, 0.6) is 0 Å². The van der Waals surface area contributed by atoms with Crippen molar-refractivity contribution in [2.45, 2.75) is 6.54 Å². The van der Waals surface area contributed by atoms with E-state index in [0.717, 1.165) is 67.5 Å². The van der Waals surface area contributed by atoms with Gasteiger partial charge in [-0.2, -0.15) is 5.10 Å². The molecule has 198 valence electrons. The van der Waals surface area contributed by atoms with Crippen molar-refractivity contribution >= 4 is 17.3 Å². The van der Waals surface area contributed by atoms with Gasteiger partial charge in [0.2, 0.25) is 5.95 Å². The standard InChI is InChI=1S/C28H34N8O2/c1-37-18-16-34-12-14-35(15-13-34)24-7-5-23(6-8-24)31-28-30-11-9-26(32-28)25-21-36(17-19-38-2)33-27(25)22-4-3-10-29-20-22/h3-11,20-21H,12-19H2,1-2H3,(H,30,31,32). The SMILES string of the molecule is COCCN1CCN(c2ccc(Nc3nccc(-c4cn(CCOC)nc4-c4cccnc4)n3)cc2)CC1. The first-order chi connectivity index (χ1) is 18.7. The molecule has 0 atom stereocenters. The van der Waals surface area contributed by atoms with Gasteiger partial charge in [0.15, 0.2) is 0 Å². The maximum Gasteiger partial charge on any atom is 0.227 e. The Morgan fingerprint density at radius 3 is 2.42 bits per heavy atom. The van der Waals surface area contributed by atoms with Gasteiger partial charge in [0.25, 0.3) is 0 Å². The molecule has 0 bridgehead atoms. The van der Waals surface area contributed by atoms with Crippen LogP contribution in [-0.2, 0) is 16.0 Å². The smallest absolute Gasteiger partial charge is 0.227 e. The van der Waals surface area contributed by atoms with Gasteiger partial charge in [-0.15, -0.1) is 0 Å². The van der Waals surface area contributed by atoms with Gasteiger partial charge in [0, 0.05) is 94.2 Å². The van der Waals surface area contributed by atoms with Crippen molar-refractivity contribution in [1.82, 2.24) is 29.6 Å². The summed E-state index contributed by atoms with van der Waals surface area (Å²) in [7, 11) is 3.44. The van der Waals surface area contributed by atoms with Crippen LogP contribution in [0.1, 0.15) is 0 Å². The predicted molar refractivity (Wildman–Crippen MR) is 149 cm³/mol. The highest BCUT2D eigenvalue weighted by Gasteiger charge is 2.18. The fourth-order valence-electron chi connectivity index (χ4n) is 4.53. The summed E-state index contributed by atoms with van der Waals surface area (Å²) in [5, 5.41) is 8.14.